The molecule has 0 radical (unpaired) electrons. The quantitative estimate of drug-likeness (QED) is 0.597. The number of nitrogen functional groups attached to an aromatic ring is 2. The van der Waals surface area contributed by atoms with E-state index in [1.165, 1.54) is 16.9 Å². The number of pyridine rings is 1. The maximum absolute atomic E-state index is 8.78. The van der Waals surface area contributed by atoms with Crippen LogP contribution in [0.5, 0.6) is 0 Å². The third kappa shape index (κ3) is 5.90. The lowest BCUT2D eigenvalue weighted by molar-refractivity contribution is -0.00535. The van der Waals surface area contributed by atoms with Crippen molar-refractivity contribution in [2.45, 2.75) is 25.4 Å². The van der Waals surface area contributed by atoms with Gasteiger partial charge < -0.3 is 21.3 Å². The Kier molecular flexibility index (Phi) is 7.22. The third-order valence-corrected chi connectivity index (χ3v) is 5.33. The van der Waals surface area contributed by atoms with E-state index in [1.807, 2.05) is 18.3 Å². The maximum Gasteiger partial charge on any atom is 0.180 e. The maximum atomic E-state index is 8.78. The molecule has 3 heterocycles. The van der Waals surface area contributed by atoms with Gasteiger partial charge in [-0.05, 0) is 30.0 Å². The molecule has 0 saturated carbocycles. The van der Waals surface area contributed by atoms with Crippen molar-refractivity contribution in [2.75, 3.05) is 24.7 Å². The summed E-state index contributed by atoms with van der Waals surface area (Å²) in [5.74, 6) is 0.454. The van der Waals surface area contributed by atoms with Crippen molar-refractivity contribution in [1.29, 1.82) is 0 Å². The van der Waals surface area contributed by atoms with E-state index in [4.69, 9.17) is 32.9 Å². The molecule has 1 fully saturated rings. The number of halogens is 1. The number of benzene rings is 1. The van der Waals surface area contributed by atoms with E-state index >= 15 is 0 Å². The first-order valence-corrected chi connectivity index (χ1v) is 10.2. The van der Waals surface area contributed by atoms with Gasteiger partial charge in [0, 0.05) is 35.9 Å². The average molecular weight is 419 g/mol. The van der Waals surface area contributed by atoms with Gasteiger partial charge >= 0.3 is 0 Å². The topological polar surface area (TPSA) is 107 Å². The van der Waals surface area contributed by atoms with Crippen LogP contribution >= 0.6 is 22.9 Å². The Labute approximate surface area is 173 Å². The minimum atomic E-state index is -0.186. The van der Waals surface area contributed by atoms with Gasteiger partial charge in [0.25, 0.3) is 0 Å². The predicted octanol–water partition coefficient (Wildman–Crippen LogP) is 3.77. The zero-order chi connectivity index (χ0) is 19.9. The lowest BCUT2D eigenvalue weighted by Crippen LogP contribution is -2.21. The van der Waals surface area contributed by atoms with Crippen LogP contribution < -0.4 is 11.5 Å². The lowest BCUT2D eigenvalue weighted by atomic mass is 10.0. The van der Waals surface area contributed by atoms with E-state index in [0.29, 0.717) is 22.6 Å². The number of hydrogen-bond acceptors (Lipinski definition) is 7. The van der Waals surface area contributed by atoms with Crippen molar-refractivity contribution in [3.8, 4) is 11.1 Å². The number of ether oxygens (including phenoxy) is 1. The van der Waals surface area contributed by atoms with Crippen LogP contribution in [-0.4, -0.2) is 34.4 Å². The van der Waals surface area contributed by atoms with Gasteiger partial charge in [-0.2, -0.15) is 0 Å². The van der Waals surface area contributed by atoms with Crippen molar-refractivity contribution in [3.05, 3.63) is 58.2 Å². The smallest absolute Gasteiger partial charge is 0.180 e. The molecule has 28 heavy (non-hydrogen) atoms. The Hall–Kier alpha value is -2.19. The molecular formula is C20H23ClN4O2S. The highest BCUT2D eigenvalue weighted by Gasteiger charge is 2.08. The zero-order valence-corrected chi connectivity index (χ0v) is 16.9. The molecule has 1 aromatic carbocycles. The molecule has 148 valence electrons. The molecule has 5 N–H and O–H groups in total. The van der Waals surface area contributed by atoms with E-state index in [2.05, 4.69) is 22.1 Å². The van der Waals surface area contributed by atoms with Gasteiger partial charge in [-0.3, -0.25) is 0 Å². The first kappa shape index (κ1) is 20.5. The summed E-state index contributed by atoms with van der Waals surface area (Å²) in [5.41, 5.74) is 14.5. The zero-order valence-electron chi connectivity index (χ0n) is 15.3. The molecule has 0 amide bonds. The van der Waals surface area contributed by atoms with Gasteiger partial charge in [0.05, 0.1) is 17.7 Å². The largest absolute Gasteiger partial charge is 0.391 e. The van der Waals surface area contributed by atoms with Gasteiger partial charge in [-0.1, -0.05) is 35.9 Å². The highest BCUT2D eigenvalue weighted by Crippen LogP contribution is 2.30. The first-order valence-electron chi connectivity index (χ1n) is 8.97. The predicted molar refractivity (Wildman–Crippen MR) is 114 cm³/mol. The molecular weight excluding hydrogens is 396 g/mol. The highest BCUT2D eigenvalue weighted by atomic mass is 35.5. The molecule has 0 bridgehead atoms. The molecule has 6 nitrogen and oxygen atoms in total. The summed E-state index contributed by atoms with van der Waals surface area (Å²) in [5, 5.41) is 9.96. The number of anilines is 2. The Bertz CT molecular complexity index is 913. The van der Waals surface area contributed by atoms with E-state index in [1.54, 1.807) is 12.3 Å². The van der Waals surface area contributed by atoms with Crippen LogP contribution in [0, 0.1) is 0 Å². The van der Waals surface area contributed by atoms with Crippen LogP contribution in [0.25, 0.3) is 11.1 Å². The number of rotatable bonds is 3. The van der Waals surface area contributed by atoms with Crippen molar-refractivity contribution < 1.29 is 9.84 Å². The van der Waals surface area contributed by atoms with Gasteiger partial charge in [-0.15, -0.1) is 11.3 Å². The molecule has 4 rings (SSSR count). The summed E-state index contributed by atoms with van der Waals surface area (Å²) < 4.78 is 4.93. The second kappa shape index (κ2) is 9.84. The van der Waals surface area contributed by atoms with Crippen molar-refractivity contribution in [2.24, 2.45) is 0 Å². The van der Waals surface area contributed by atoms with Crippen LogP contribution in [0.3, 0.4) is 0 Å². The summed E-state index contributed by atoms with van der Waals surface area (Å²) in [7, 11) is 0. The summed E-state index contributed by atoms with van der Waals surface area (Å²) in [6.07, 6.45) is 5.92. The molecule has 8 heteroatoms. The lowest BCUT2D eigenvalue weighted by Gasteiger charge is -2.15. The van der Waals surface area contributed by atoms with Crippen molar-refractivity contribution >= 4 is 33.9 Å². The summed E-state index contributed by atoms with van der Waals surface area (Å²) >= 11 is 7.70. The number of aliphatic hydroxyl groups is 1. The molecule has 1 atom stereocenters. The van der Waals surface area contributed by atoms with Crippen molar-refractivity contribution in [1.82, 2.24) is 9.97 Å². The van der Waals surface area contributed by atoms with Crippen LogP contribution in [-0.2, 0) is 11.2 Å². The number of nitrogens with zero attached hydrogens (tertiary/aromatic N) is 2. The Morgan fingerprint density at radius 1 is 1.21 bits per heavy atom. The highest BCUT2D eigenvalue weighted by molar-refractivity contribution is 7.15. The minimum absolute atomic E-state index is 0.186. The number of hydrogen-bond donors (Lipinski definition) is 3. The molecule has 3 aromatic rings. The van der Waals surface area contributed by atoms with E-state index < -0.39 is 0 Å². The molecule has 1 aliphatic rings. The summed E-state index contributed by atoms with van der Waals surface area (Å²) in [6.45, 7) is 1.37. The van der Waals surface area contributed by atoms with Gasteiger partial charge in [0.1, 0.15) is 5.82 Å². The first-order chi connectivity index (χ1) is 13.5. The fourth-order valence-electron chi connectivity index (χ4n) is 2.85. The Morgan fingerprint density at radius 2 is 2.07 bits per heavy atom. The standard InChI is InChI=1S/C15H13ClN4S.C5H10O2/c16-13-8-19-14(17)6-12(13)10-3-1-2-9(4-10)5-11-7-20-15(18)21-11;6-5-2-1-3-7-4-5/h1-4,6-8H,5H2,(H2,17,19)(H2,18,20);5-6H,1-4H2. The van der Waals surface area contributed by atoms with Gasteiger partial charge in [0.2, 0.25) is 0 Å². The molecule has 0 spiro atoms. The molecule has 1 unspecified atom stereocenters. The van der Waals surface area contributed by atoms with Gasteiger partial charge in [-0.25, -0.2) is 9.97 Å². The summed E-state index contributed by atoms with van der Waals surface area (Å²) in [6, 6.07) is 9.95. The fourth-order valence-corrected chi connectivity index (χ4v) is 3.78. The molecule has 2 aromatic heterocycles. The third-order valence-electron chi connectivity index (χ3n) is 4.20. The second-order valence-electron chi connectivity index (χ2n) is 6.50. The normalized spacial score (nSPS) is 16.3. The molecule has 0 aliphatic carbocycles. The van der Waals surface area contributed by atoms with E-state index in [0.717, 1.165) is 41.9 Å². The molecule has 1 saturated heterocycles. The van der Waals surface area contributed by atoms with E-state index in [-0.39, 0.29) is 6.10 Å². The Morgan fingerprint density at radius 3 is 2.71 bits per heavy atom. The second-order valence-corrected chi connectivity index (χ2v) is 8.06. The minimum Gasteiger partial charge on any atom is -0.391 e. The summed E-state index contributed by atoms with van der Waals surface area (Å²) in [4.78, 5) is 9.18. The van der Waals surface area contributed by atoms with Crippen LogP contribution in [0.2, 0.25) is 5.02 Å². The Balaban J connectivity index is 0.000000271. The van der Waals surface area contributed by atoms with Crippen LogP contribution in [0.1, 0.15) is 23.3 Å². The number of nitrogens with two attached hydrogens (primary N) is 2. The number of aromatic nitrogens is 2. The van der Waals surface area contributed by atoms with Crippen molar-refractivity contribution in [3.63, 3.8) is 0 Å². The molecule has 1 aliphatic heterocycles. The van der Waals surface area contributed by atoms with Crippen LogP contribution in [0.15, 0.2) is 42.7 Å². The SMILES string of the molecule is Nc1cc(-c2cccc(Cc3cnc(N)s3)c2)c(Cl)cn1.OC1CCCOC1. The average Bonchev–Trinajstić information content (AvgIpc) is 3.10. The number of thiazole rings is 1. The fraction of sp³-hybridized carbons (Fsp3) is 0.300. The monoisotopic (exact) mass is 418 g/mol. The van der Waals surface area contributed by atoms with Gasteiger partial charge in [0.15, 0.2) is 5.13 Å². The number of aliphatic hydroxyl groups excluding tert-OH is 1. The van der Waals surface area contributed by atoms with E-state index in [9.17, 15) is 0 Å². The van der Waals surface area contributed by atoms with Crippen LogP contribution in [0.4, 0.5) is 10.9 Å².